The summed E-state index contributed by atoms with van der Waals surface area (Å²) in [5.41, 5.74) is 5.90. The molecule has 2 aromatic rings. The molecule has 1 spiro atoms. The van der Waals surface area contributed by atoms with Crippen LogP contribution in [0.4, 0.5) is 20.5 Å². The first-order chi connectivity index (χ1) is 15.3. The van der Waals surface area contributed by atoms with Gasteiger partial charge in [-0.2, -0.15) is 4.98 Å². The Morgan fingerprint density at radius 3 is 2.75 bits per heavy atom. The van der Waals surface area contributed by atoms with Gasteiger partial charge in [0.05, 0.1) is 6.54 Å². The van der Waals surface area contributed by atoms with Crippen LogP contribution in [0.1, 0.15) is 48.9 Å². The van der Waals surface area contributed by atoms with E-state index in [1.54, 1.807) is 35.5 Å². The first-order valence-corrected chi connectivity index (χ1v) is 10.9. The maximum Gasteiger partial charge on any atom is 0.265 e. The molecular formula is C22H26F2N6O2. The molecule has 2 saturated carbocycles. The molecule has 0 aromatic carbocycles. The first kappa shape index (κ1) is 20.8. The zero-order valence-electron chi connectivity index (χ0n) is 17.6. The fourth-order valence-corrected chi connectivity index (χ4v) is 5.18. The molecule has 2 aromatic heterocycles. The van der Waals surface area contributed by atoms with Crippen molar-refractivity contribution < 1.29 is 18.3 Å². The van der Waals surface area contributed by atoms with Crippen LogP contribution in [0, 0.1) is 5.41 Å². The number of nitrogens with zero attached hydrogens (tertiary/aromatic N) is 4. The number of aromatic nitrogens is 3. The molecule has 1 saturated heterocycles. The number of piperidine rings is 1. The number of anilines is 2. The van der Waals surface area contributed by atoms with E-state index < -0.39 is 11.8 Å². The van der Waals surface area contributed by atoms with Crippen LogP contribution in [0.2, 0.25) is 0 Å². The molecular weight excluding hydrogens is 418 g/mol. The van der Waals surface area contributed by atoms with E-state index in [0.29, 0.717) is 36.2 Å². The average Bonchev–Trinajstić information content (AvgIpc) is 2.70. The van der Waals surface area contributed by atoms with Gasteiger partial charge in [-0.25, -0.2) is 18.7 Å². The second-order valence-corrected chi connectivity index (χ2v) is 9.24. The summed E-state index contributed by atoms with van der Waals surface area (Å²) in [6.45, 7) is 0.277. The van der Waals surface area contributed by atoms with Crippen molar-refractivity contribution >= 4 is 17.7 Å². The van der Waals surface area contributed by atoms with Gasteiger partial charge in [0.1, 0.15) is 17.5 Å². The van der Waals surface area contributed by atoms with Gasteiger partial charge in [-0.05, 0) is 55.7 Å². The van der Waals surface area contributed by atoms with E-state index in [-0.39, 0.29) is 30.5 Å². The van der Waals surface area contributed by atoms with Crippen LogP contribution in [-0.4, -0.2) is 52.0 Å². The van der Waals surface area contributed by atoms with Gasteiger partial charge in [0.25, 0.3) is 11.8 Å². The number of ether oxygens (including phenoxy) is 1. The van der Waals surface area contributed by atoms with Gasteiger partial charge in [0.2, 0.25) is 11.8 Å². The van der Waals surface area contributed by atoms with E-state index >= 15 is 0 Å². The smallest absolute Gasteiger partial charge is 0.265 e. The van der Waals surface area contributed by atoms with Gasteiger partial charge in [-0.1, -0.05) is 0 Å². The van der Waals surface area contributed by atoms with Crippen LogP contribution in [0.25, 0.3) is 0 Å². The molecule has 1 aliphatic heterocycles. The van der Waals surface area contributed by atoms with Crippen LogP contribution >= 0.6 is 0 Å². The molecule has 0 radical (unpaired) electrons. The van der Waals surface area contributed by atoms with Crippen molar-refractivity contribution in [1.29, 1.82) is 0 Å². The fraction of sp³-hybridized carbons (Fsp3) is 0.545. The minimum Gasteiger partial charge on any atom is -0.474 e. The van der Waals surface area contributed by atoms with Crippen molar-refractivity contribution in [3.05, 3.63) is 36.2 Å². The number of halogens is 2. The molecule has 3 N–H and O–H groups in total. The standard InChI is InChI=1S/C22H26F2N6O2/c23-22(24)5-2-8-30(13-22)17-4-7-27-20(29-17)28-14-9-21(10-14)11-15(12-21)32-19-16(18(25)31)3-1-6-26-19/h1,3-4,6-7,14-15H,2,5,8-13H2,(H2,25,31)(H,27,28,29). The summed E-state index contributed by atoms with van der Waals surface area (Å²) < 4.78 is 33.4. The third kappa shape index (κ3) is 4.18. The lowest BCUT2D eigenvalue weighted by molar-refractivity contribution is -0.0760. The predicted molar refractivity (Wildman–Crippen MR) is 114 cm³/mol. The lowest BCUT2D eigenvalue weighted by Gasteiger charge is -2.57. The fourth-order valence-electron chi connectivity index (χ4n) is 5.18. The number of carbonyl (C=O) groups excluding carboxylic acids is 1. The number of carbonyl (C=O) groups is 1. The number of nitrogens with two attached hydrogens (primary N) is 1. The molecule has 0 bridgehead atoms. The van der Waals surface area contributed by atoms with Crippen molar-refractivity contribution in [2.45, 2.75) is 56.6 Å². The van der Waals surface area contributed by atoms with E-state index in [2.05, 4.69) is 20.3 Å². The number of hydrogen-bond acceptors (Lipinski definition) is 7. The summed E-state index contributed by atoms with van der Waals surface area (Å²) in [4.78, 5) is 26.0. The Hall–Kier alpha value is -3.04. The molecule has 3 fully saturated rings. The molecule has 10 heteroatoms. The van der Waals surface area contributed by atoms with Gasteiger partial charge in [-0.15, -0.1) is 0 Å². The highest BCUT2D eigenvalue weighted by Gasteiger charge is 2.54. The Kier molecular flexibility index (Phi) is 5.10. The van der Waals surface area contributed by atoms with Crippen molar-refractivity contribution in [1.82, 2.24) is 15.0 Å². The van der Waals surface area contributed by atoms with E-state index in [1.165, 1.54) is 0 Å². The highest BCUT2D eigenvalue weighted by Crippen LogP contribution is 2.57. The van der Waals surface area contributed by atoms with Crippen LogP contribution in [-0.2, 0) is 0 Å². The van der Waals surface area contributed by atoms with Crippen molar-refractivity contribution in [3.63, 3.8) is 0 Å². The van der Waals surface area contributed by atoms with E-state index in [1.807, 2.05) is 0 Å². The molecule has 3 heterocycles. The summed E-state index contributed by atoms with van der Waals surface area (Å²) in [5.74, 6) is -1.92. The van der Waals surface area contributed by atoms with Crippen LogP contribution in [0.5, 0.6) is 5.88 Å². The Labute approximate surface area is 184 Å². The lowest BCUT2D eigenvalue weighted by atomic mass is 9.53. The zero-order chi connectivity index (χ0) is 22.3. The molecule has 32 heavy (non-hydrogen) atoms. The molecule has 1 amide bonds. The molecule has 0 unspecified atom stereocenters. The quantitative estimate of drug-likeness (QED) is 0.705. The third-order valence-electron chi connectivity index (χ3n) is 6.69. The zero-order valence-corrected chi connectivity index (χ0v) is 17.6. The highest BCUT2D eigenvalue weighted by molar-refractivity contribution is 5.94. The second-order valence-electron chi connectivity index (χ2n) is 9.24. The molecule has 2 aliphatic carbocycles. The minimum absolute atomic E-state index is 0.0179. The number of rotatable bonds is 6. The Bertz CT molecular complexity index is 1010. The molecule has 3 aliphatic rings. The largest absolute Gasteiger partial charge is 0.474 e. The van der Waals surface area contributed by atoms with Crippen LogP contribution in [0.3, 0.4) is 0 Å². The predicted octanol–water partition coefficient (Wildman–Crippen LogP) is 3.01. The summed E-state index contributed by atoms with van der Waals surface area (Å²) in [5, 5.41) is 3.34. The summed E-state index contributed by atoms with van der Waals surface area (Å²) in [6.07, 6.45) is 7.31. The van der Waals surface area contributed by atoms with Crippen molar-refractivity contribution in [3.8, 4) is 5.88 Å². The highest BCUT2D eigenvalue weighted by atomic mass is 19.3. The van der Waals surface area contributed by atoms with E-state index in [0.717, 1.165) is 25.7 Å². The number of nitrogens with one attached hydrogen (secondary N) is 1. The number of primary amides is 1. The van der Waals surface area contributed by atoms with Gasteiger partial charge in [0, 0.05) is 31.4 Å². The van der Waals surface area contributed by atoms with E-state index in [4.69, 9.17) is 10.5 Å². The third-order valence-corrected chi connectivity index (χ3v) is 6.69. The van der Waals surface area contributed by atoms with Crippen LogP contribution < -0.4 is 20.7 Å². The minimum atomic E-state index is -2.67. The first-order valence-electron chi connectivity index (χ1n) is 10.9. The van der Waals surface area contributed by atoms with E-state index in [9.17, 15) is 13.6 Å². The van der Waals surface area contributed by atoms with Gasteiger partial charge >= 0.3 is 0 Å². The number of hydrogen-bond donors (Lipinski definition) is 2. The lowest BCUT2D eigenvalue weighted by Crippen LogP contribution is -2.56. The molecule has 0 atom stereocenters. The summed E-state index contributed by atoms with van der Waals surface area (Å²) in [7, 11) is 0. The summed E-state index contributed by atoms with van der Waals surface area (Å²) in [6, 6.07) is 5.19. The Morgan fingerprint density at radius 1 is 1.19 bits per heavy atom. The van der Waals surface area contributed by atoms with Crippen molar-refractivity contribution in [2.75, 3.05) is 23.3 Å². The van der Waals surface area contributed by atoms with Gasteiger partial charge in [0.15, 0.2) is 0 Å². The Balaban J connectivity index is 1.12. The maximum atomic E-state index is 13.7. The molecule has 5 rings (SSSR count). The average molecular weight is 444 g/mol. The van der Waals surface area contributed by atoms with Gasteiger partial charge in [-0.3, -0.25) is 4.79 Å². The number of alkyl halides is 2. The number of amides is 1. The monoisotopic (exact) mass is 444 g/mol. The summed E-state index contributed by atoms with van der Waals surface area (Å²) >= 11 is 0. The molecule has 170 valence electrons. The van der Waals surface area contributed by atoms with Gasteiger partial charge < -0.3 is 20.7 Å². The topological polar surface area (TPSA) is 106 Å². The molecule has 8 nitrogen and oxygen atoms in total. The maximum absolute atomic E-state index is 13.7. The van der Waals surface area contributed by atoms with Crippen molar-refractivity contribution in [2.24, 2.45) is 11.1 Å². The Morgan fingerprint density at radius 2 is 2.00 bits per heavy atom. The SMILES string of the molecule is NC(=O)c1cccnc1OC1CC2(CC(Nc3nccc(N4CCCC(F)(F)C4)n3)C2)C1. The normalized spacial score (nSPS) is 28.5. The van der Waals surface area contributed by atoms with Crippen LogP contribution in [0.15, 0.2) is 30.6 Å². The second kappa shape index (κ2) is 7.83. The number of pyridine rings is 1.